The molecule has 6 rings (SSSR count). The molecule has 1 aromatic carbocycles. The fraction of sp³-hybridized carbons (Fsp3) is 0.111. The highest BCUT2D eigenvalue weighted by Crippen LogP contribution is 2.33. The van der Waals surface area contributed by atoms with Gasteiger partial charge in [-0.2, -0.15) is 5.10 Å². The number of imidazole rings is 1. The lowest BCUT2D eigenvalue weighted by atomic mass is 10.1. The number of nitrogens with zero attached hydrogens (tertiary/aromatic N) is 6. The molecule has 1 atom stereocenters. The molecule has 3 N–H and O–H groups in total. The fourth-order valence-electron chi connectivity index (χ4n) is 4.35. The number of hydrogen-bond acceptors (Lipinski definition) is 6. The first-order chi connectivity index (χ1) is 18.0. The van der Waals surface area contributed by atoms with Crippen molar-refractivity contribution in [3.05, 3.63) is 95.0 Å². The number of thiazole rings is 1. The average molecular weight is 507 g/mol. The number of rotatable bonds is 4. The van der Waals surface area contributed by atoms with Gasteiger partial charge in [-0.05, 0) is 25.0 Å². The van der Waals surface area contributed by atoms with Gasteiger partial charge in [0.05, 0.1) is 34.7 Å². The van der Waals surface area contributed by atoms with E-state index >= 15 is 0 Å². The molecule has 0 saturated carbocycles. The predicted octanol–water partition coefficient (Wildman–Crippen LogP) is 3.92. The zero-order chi connectivity index (χ0) is 25.5. The number of aryl methyl sites for hydroxylation is 1. The molecule has 0 radical (unpaired) electrons. The highest BCUT2D eigenvalue weighted by molar-refractivity contribution is 7.15. The van der Waals surface area contributed by atoms with Crippen LogP contribution >= 0.6 is 11.3 Å². The fourth-order valence-corrected chi connectivity index (χ4v) is 5.18. The predicted molar refractivity (Wildman–Crippen MR) is 143 cm³/mol. The van der Waals surface area contributed by atoms with E-state index in [1.54, 1.807) is 21.6 Å². The minimum atomic E-state index is -0.410. The van der Waals surface area contributed by atoms with E-state index in [2.05, 4.69) is 27.4 Å². The zero-order valence-corrected chi connectivity index (χ0v) is 20.9. The molecule has 10 heteroatoms. The number of fused-ring (bicyclic) bond motifs is 2. The van der Waals surface area contributed by atoms with Crippen molar-refractivity contribution in [3.8, 4) is 23.1 Å². The molecule has 0 saturated heterocycles. The van der Waals surface area contributed by atoms with Gasteiger partial charge in [0, 0.05) is 30.4 Å². The summed E-state index contributed by atoms with van der Waals surface area (Å²) in [6, 6.07) is 15.1. The Morgan fingerprint density at radius 1 is 1.14 bits per heavy atom. The van der Waals surface area contributed by atoms with Gasteiger partial charge >= 0.3 is 0 Å². The van der Waals surface area contributed by atoms with Crippen LogP contribution in [-0.4, -0.2) is 34.7 Å². The van der Waals surface area contributed by atoms with Gasteiger partial charge in [-0.25, -0.2) is 9.50 Å². The summed E-state index contributed by atoms with van der Waals surface area (Å²) >= 11 is 1.50. The second kappa shape index (κ2) is 8.96. The Kier molecular flexibility index (Phi) is 5.47. The normalized spacial score (nSPS) is 11.9. The number of pyridine rings is 1. The molecule has 0 bridgehead atoms. The minimum Gasteiger partial charge on any atom is -0.382 e. The lowest BCUT2D eigenvalue weighted by Crippen LogP contribution is -2.27. The van der Waals surface area contributed by atoms with E-state index < -0.39 is 6.04 Å². The molecule has 0 aliphatic heterocycles. The maximum absolute atomic E-state index is 13.3. The van der Waals surface area contributed by atoms with Gasteiger partial charge in [0.25, 0.3) is 5.91 Å². The maximum atomic E-state index is 13.3. The summed E-state index contributed by atoms with van der Waals surface area (Å²) in [7, 11) is 1.86. The van der Waals surface area contributed by atoms with E-state index in [4.69, 9.17) is 10.7 Å². The summed E-state index contributed by atoms with van der Waals surface area (Å²) < 4.78 is 5.37. The van der Waals surface area contributed by atoms with Crippen LogP contribution in [0.3, 0.4) is 0 Å². The van der Waals surface area contributed by atoms with Gasteiger partial charge in [0.15, 0.2) is 10.8 Å². The first kappa shape index (κ1) is 22.6. The van der Waals surface area contributed by atoms with Crippen molar-refractivity contribution in [1.29, 1.82) is 0 Å². The largest absolute Gasteiger partial charge is 0.382 e. The molecule has 5 heterocycles. The van der Waals surface area contributed by atoms with Crippen LogP contribution in [0.4, 0.5) is 5.82 Å². The van der Waals surface area contributed by atoms with Gasteiger partial charge in [-0.15, -0.1) is 16.4 Å². The Bertz CT molecular complexity index is 1830. The van der Waals surface area contributed by atoms with Crippen molar-refractivity contribution in [2.75, 3.05) is 5.73 Å². The number of nitrogens with two attached hydrogens (primary N) is 1. The molecule has 0 spiro atoms. The van der Waals surface area contributed by atoms with Crippen LogP contribution < -0.4 is 11.1 Å². The summed E-state index contributed by atoms with van der Waals surface area (Å²) in [6.45, 7) is 1.92. The maximum Gasteiger partial charge on any atom is 0.257 e. The lowest BCUT2D eigenvalue weighted by Gasteiger charge is -2.14. The Hall–Kier alpha value is -4.88. The molecule has 1 amide bonds. The Balaban J connectivity index is 1.42. The smallest absolute Gasteiger partial charge is 0.257 e. The van der Waals surface area contributed by atoms with Crippen molar-refractivity contribution in [1.82, 2.24) is 34.1 Å². The van der Waals surface area contributed by atoms with E-state index in [0.29, 0.717) is 11.1 Å². The molecule has 6 aromatic rings. The van der Waals surface area contributed by atoms with Crippen molar-refractivity contribution in [2.45, 2.75) is 13.0 Å². The van der Waals surface area contributed by atoms with Crippen LogP contribution in [0.25, 0.3) is 21.7 Å². The van der Waals surface area contributed by atoms with Crippen LogP contribution in [0.15, 0.2) is 72.5 Å². The average Bonchev–Trinajstić information content (AvgIpc) is 3.65. The van der Waals surface area contributed by atoms with Crippen molar-refractivity contribution in [3.63, 3.8) is 0 Å². The molecule has 9 nitrogen and oxygen atoms in total. The standard InChI is InChI=1S/C27H22N8OS/c1-17(30-26(36)22-21-10-6-7-13-34(21)32-25(22)28)23-24(19-8-4-3-5-9-19)35-20(16-37-27(35)31-23)12-11-18-14-29-33(2)15-18/h3-10,13-17H,1-2H3,(H2,28,32)(H,30,36)/t17-/m0/s1. The van der Waals surface area contributed by atoms with Crippen LogP contribution in [0.2, 0.25) is 0 Å². The number of anilines is 1. The molecule has 37 heavy (non-hydrogen) atoms. The summed E-state index contributed by atoms with van der Waals surface area (Å²) in [5.74, 6) is 6.32. The van der Waals surface area contributed by atoms with Gasteiger partial charge in [-0.1, -0.05) is 42.3 Å². The lowest BCUT2D eigenvalue weighted by molar-refractivity contribution is 0.0942. The summed E-state index contributed by atoms with van der Waals surface area (Å²) in [5, 5.41) is 13.5. The molecular formula is C27H22N8OS. The van der Waals surface area contributed by atoms with Gasteiger partial charge in [0.2, 0.25) is 0 Å². The van der Waals surface area contributed by atoms with Crippen LogP contribution in [-0.2, 0) is 7.05 Å². The second-order valence-electron chi connectivity index (χ2n) is 8.59. The number of nitrogens with one attached hydrogen (secondary N) is 1. The van der Waals surface area contributed by atoms with E-state index in [1.165, 1.54) is 11.3 Å². The monoisotopic (exact) mass is 506 g/mol. The van der Waals surface area contributed by atoms with Crippen LogP contribution in [0, 0.1) is 11.8 Å². The highest BCUT2D eigenvalue weighted by atomic mass is 32.1. The van der Waals surface area contributed by atoms with Crippen molar-refractivity contribution in [2.24, 2.45) is 7.05 Å². The number of hydrogen-bond donors (Lipinski definition) is 2. The first-order valence-electron chi connectivity index (χ1n) is 11.6. The summed E-state index contributed by atoms with van der Waals surface area (Å²) in [6.07, 6.45) is 5.37. The van der Waals surface area contributed by atoms with Gasteiger partial charge < -0.3 is 11.1 Å². The SMILES string of the molecule is C[C@H](NC(=O)c1c(N)nn2ccccc12)c1nc2scc(C#Cc3cnn(C)c3)n2c1-c1ccccc1. The summed E-state index contributed by atoms with van der Waals surface area (Å²) in [5.41, 5.74) is 11.3. The Morgan fingerprint density at radius 2 is 1.95 bits per heavy atom. The van der Waals surface area contributed by atoms with Gasteiger partial charge in [0.1, 0.15) is 11.3 Å². The van der Waals surface area contributed by atoms with Gasteiger partial charge in [-0.3, -0.25) is 13.9 Å². The third-order valence-corrected chi connectivity index (χ3v) is 6.86. The molecule has 0 aliphatic carbocycles. The second-order valence-corrected chi connectivity index (χ2v) is 9.43. The van der Waals surface area contributed by atoms with E-state index in [-0.39, 0.29) is 11.7 Å². The third kappa shape index (κ3) is 4.01. The van der Waals surface area contributed by atoms with Crippen molar-refractivity contribution < 1.29 is 4.79 Å². The number of aromatic nitrogens is 6. The number of amides is 1. The molecule has 0 aliphatic rings. The molecule has 0 fully saturated rings. The van der Waals surface area contributed by atoms with Crippen LogP contribution in [0.5, 0.6) is 0 Å². The third-order valence-electron chi connectivity index (χ3n) is 6.03. The number of benzene rings is 1. The van der Waals surface area contributed by atoms with Crippen LogP contribution in [0.1, 0.15) is 40.3 Å². The quantitative estimate of drug-likeness (QED) is 0.353. The molecule has 182 valence electrons. The topological polar surface area (TPSA) is 108 Å². The van der Waals surface area contributed by atoms with Crippen molar-refractivity contribution >= 4 is 33.5 Å². The minimum absolute atomic E-state index is 0.179. The molecular weight excluding hydrogens is 484 g/mol. The number of nitrogen functional groups attached to an aromatic ring is 1. The Labute approximate surface area is 216 Å². The highest BCUT2D eigenvalue weighted by Gasteiger charge is 2.25. The van der Waals surface area contributed by atoms with E-state index in [1.807, 2.05) is 78.5 Å². The number of carbonyl (C=O) groups excluding carboxylic acids is 1. The summed E-state index contributed by atoms with van der Waals surface area (Å²) in [4.78, 5) is 19.1. The molecule has 5 aromatic heterocycles. The number of carbonyl (C=O) groups is 1. The first-order valence-corrected chi connectivity index (χ1v) is 12.5. The zero-order valence-electron chi connectivity index (χ0n) is 20.1. The Morgan fingerprint density at radius 3 is 2.73 bits per heavy atom. The van der Waals surface area contributed by atoms with E-state index in [0.717, 1.165) is 33.2 Å². The molecule has 0 unspecified atom stereocenters. The van der Waals surface area contributed by atoms with E-state index in [9.17, 15) is 4.79 Å².